The van der Waals surface area contributed by atoms with E-state index in [0.29, 0.717) is 12.5 Å². The largest absolute Gasteiger partial charge is 0.392 e. The predicted molar refractivity (Wildman–Crippen MR) is 69.7 cm³/mol. The van der Waals surface area contributed by atoms with Crippen LogP contribution in [0.15, 0.2) is 24.3 Å². The van der Waals surface area contributed by atoms with Crippen molar-refractivity contribution >= 4 is 5.91 Å². The van der Waals surface area contributed by atoms with Gasteiger partial charge in [0, 0.05) is 13.1 Å². The summed E-state index contributed by atoms with van der Waals surface area (Å²) < 4.78 is 0. The van der Waals surface area contributed by atoms with E-state index in [1.54, 1.807) is 0 Å². The molecule has 1 fully saturated rings. The summed E-state index contributed by atoms with van der Waals surface area (Å²) in [5.74, 6) is 0.585. The summed E-state index contributed by atoms with van der Waals surface area (Å²) in [6.45, 7) is 4.33. The van der Waals surface area contributed by atoms with E-state index in [1.807, 2.05) is 24.3 Å². The molecule has 18 heavy (non-hydrogen) atoms. The maximum Gasteiger partial charge on any atom is 0.224 e. The van der Waals surface area contributed by atoms with Crippen LogP contribution in [0, 0.1) is 11.8 Å². The number of nitrogens with one attached hydrogen (secondary N) is 2. The molecule has 0 aromatic heterocycles. The number of carbonyl (C=O) groups is 1. The lowest BCUT2D eigenvalue weighted by Gasteiger charge is -2.14. The van der Waals surface area contributed by atoms with Crippen LogP contribution in [0.25, 0.3) is 0 Å². The van der Waals surface area contributed by atoms with Crippen molar-refractivity contribution in [3.05, 3.63) is 35.4 Å². The van der Waals surface area contributed by atoms with Crippen molar-refractivity contribution in [2.45, 2.75) is 20.1 Å². The lowest BCUT2D eigenvalue weighted by molar-refractivity contribution is -0.125. The molecule has 1 aromatic carbocycles. The van der Waals surface area contributed by atoms with Crippen LogP contribution in [0.4, 0.5) is 0 Å². The van der Waals surface area contributed by atoms with Gasteiger partial charge in [-0.2, -0.15) is 0 Å². The highest BCUT2D eigenvalue weighted by Gasteiger charge is 2.29. The van der Waals surface area contributed by atoms with E-state index in [4.69, 9.17) is 5.11 Å². The zero-order chi connectivity index (χ0) is 13.0. The molecule has 2 rings (SSSR count). The van der Waals surface area contributed by atoms with E-state index >= 15 is 0 Å². The fourth-order valence-corrected chi connectivity index (χ4v) is 2.32. The Morgan fingerprint density at radius 2 is 2.22 bits per heavy atom. The first kappa shape index (κ1) is 13.1. The maximum atomic E-state index is 12.0. The lowest BCUT2D eigenvalue weighted by atomic mass is 9.97. The first-order valence-corrected chi connectivity index (χ1v) is 6.38. The third-order valence-corrected chi connectivity index (χ3v) is 3.49. The van der Waals surface area contributed by atoms with E-state index in [-0.39, 0.29) is 18.4 Å². The second-order valence-corrected chi connectivity index (χ2v) is 4.94. The highest BCUT2D eigenvalue weighted by molar-refractivity contribution is 5.79. The number of hydrogen-bond donors (Lipinski definition) is 3. The summed E-state index contributed by atoms with van der Waals surface area (Å²) in [5.41, 5.74) is 1.89. The minimum Gasteiger partial charge on any atom is -0.392 e. The molecule has 98 valence electrons. The minimum atomic E-state index is 0.0331. The van der Waals surface area contributed by atoms with E-state index in [2.05, 4.69) is 17.6 Å². The van der Waals surface area contributed by atoms with Gasteiger partial charge in [-0.3, -0.25) is 4.79 Å². The van der Waals surface area contributed by atoms with Crippen LogP contribution in [0.2, 0.25) is 0 Å². The van der Waals surface area contributed by atoms with Crippen molar-refractivity contribution in [1.82, 2.24) is 10.6 Å². The second kappa shape index (κ2) is 5.98. The predicted octanol–water partition coefficient (Wildman–Crippen LogP) is 0.651. The number of rotatable bonds is 4. The summed E-state index contributed by atoms with van der Waals surface area (Å²) in [6.07, 6.45) is 0. The van der Waals surface area contributed by atoms with Gasteiger partial charge in [0.15, 0.2) is 0 Å². The molecule has 1 heterocycles. The SMILES string of the molecule is CC1CNCC1C(=O)NCc1cccc(CO)c1. The lowest BCUT2D eigenvalue weighted by Crippen LogP contribution is -2.33. The molecule has 0 radical (unpaired) electrons. The van der Waals surface area contributed by atoms with Gasteiger partial charge >= 0.3 is 0 Å². The molecule has 2 unspecified atom stereocenters. The third kappa shape index (κ3) is 3.09. The van der Waals surface area contributed by atoms with Crippen LogP contribution in [-0.4, -0.2) is 24.1 Å². The molecule has 1 aromatic rings. The zero-order valence-corrected chi connectivity index (χ0v) is 10.6. The topological polar surface area (TPSA) is 61.4 Å². The van der Waals surface area contributed by atoms with Crippen LogP contribution in [0.3, 0.4) is 0 Å². The summed E-state index contributed by atoms with van der Waals surface area (Å²) in [4.78, 5) is 12.0. The highest BCUT2D eigenvalue weighted by atomic mass is 16.3. The van der Waals surface area contributed by atoms with Gasteiger partial charge in [-0.15, -0.1) is 0 Å². The van der Waals surface area contributed by atoms with Gasteiger partial charge in [0.1, 0.15) is 0 Å². The Morgan fingerprint density at radius 3 is 2.89 bits per heavy atom. The van der Waals surface area contributed by atoms with Crippen LogP contribution in [0.1, 0.15) is 18.1 Å². The average molecular weight is 248 g/mol. The average Bonchev–Trinajstić information content (AvgIpc) is 2.82. The van der Waals surface area contributed by atoms with Crippen molar-refractivity contribution in [2.24, 2.45) is 11.8 Å². The quantitative estimate of drug-likeness (QED) is 0.733. The molecular formula is C14H20N2O2. The standard InChI is InChI=1S/C14H20N2O2/c1-10-6-15-8-13(10)14(18)16-7-11-3-2-4-12(5-11)9-17/h2-5,10,13,15,17H,6-9H2,1H3,(H,16,18). The van der Waals surface area contributed by atoms with Gasteiger partial charge < -0.3 is 15.7 Å². The van der Waals surface area contributed by atoms with Gasteiger partial charge in [-0.05, 0) is 23.6 Å². The minimum absolute atomic E-state index is 0.0331. The van der Waals surface area contributed by atoms with E-state index in [0.717, 1.165) is 24.2 Å². The van der Waals surface area contributed by atoms with Crippen LogP contribution >= 0.6 is 0 Å². The second-order valence-electron chi connectivity index (χ2n) is 4.94. The Morgan fingerprint density at radius 1 is 1.44 bits per heavy atom. The molecule has 4 heteroatoms. The summed E-state index contributed by atoms with van der Waals surface area (Å²) in [6, 6.07) is 7.63. The van der Waals surface area contributed by atoms with Crippen LogP contribution in [0.5, 0.6) is 0 Å². The van der Waals surface area contributed by atoms with Gasteiger partial charge in [-0.1, -0.05) is 31.2 Å². The molecule has 0 bridgehead atoms. The van der Waals surface area contributed by atoms with Crippen molar-refractivity contribution in [3.63, 3.8) is 0 Å². The normalized spacial score (nSPS) is 23.0. The van der Waals surface area contributed by atoms with Crippen molar-refractivity contribution in [3.8, 4) is 0 Å². The van der Waals surface area contributed by atoms with Crippen LogP contribution < -0.4 is 10.6 Å². The molecular weight excluding hydrogens is 228 g/mol. The molecule has 1 saturated heterocycles. The summed E-state index contributed by atoms with van der Waals surface area (Å²) >= 11 is 0. The van der Waals surface area contributed by atoms with E-state index < -0.39 is 0 Å². The fourth-order valence-electron chi connectivity index (χ4n) is 2.32. The van der Waals surface area contributed by atoms with Gasteiger partial charge in [-0.25, -0.2) is 0 Å². The number of hydrogen-bond acceptors (Lipinski definition) is 3. The Hall–Kier alpha value is -1.39. The van der Waals surface area contributed by atoms with Gasteiger partial charge in [0.05, 0.1) is 12.5 Å². The molecule has 3 N–H and O–H groups in total. The molecule has 1 aliphatic heterocycles. The van der Waals surface area contributed by atoms with Crippen molar-refractivity contribution in [1.29, 1.82) is 0 Å². The smallest absolute Gasteiger partial charge is 0.224 e. The van der Waals surface area contributed by atoms with Gasteiger partial charge in [0.2, 0.25) is 5.91 Å². The number of benzene rings is 1. The molecule has 0 aliphatic carbocycles. The summed E-state index contributed by atoms with van der Waals surface area (Å²) in [7, 11) is 0. The number of carbonyl (C=O) groups excluding carboxylic acids is 1. The van der Waals surface area contributed by atoms with Gasteiger partial charge in [0.25, 0.3) is 0 Å². The Bertz CT molecular complexity index is 420. The summed E-state index contributed by atoms with van der Waals surface area (Å²) in [5, 5.41) is 15.2. The monoisotopic (exact) mass is 248 g/mol. The fraction of sp³-hybridized carbons (Fsp3) is 0.500. The molecule has 4 nitrogen and oxygen atoms in total. The van der Waals surface area contributed by atoms with Crippen molar-refractivity contribution < 1.29 is 9.90 Å². The Kier molecular flexibility index (Phi) is 4.33. The molecule has 0 saturated carbocycles. The molecule has 0 spiro atoms. The third-order valence-electron chi connectivity index (χ3n) is 3.49. The van der Waals surface area contributed by atoms with E-state index in [9.17, 15) is 4.79 Å². The maximum absolute atomic E-state index is 12.0. The van der Waals surface area contributed by atoms with Crippen molar-refractivity contribution in [2.75, 3.05) is 13.1 Å². The van der Waals surface area contributed by atoms with E-state index in [1.165, 1.54) is 0 Å². The number of amides is 1. The zero-order valence-electron chi connectivity index (χ0n) is 10.6. The highest BCUT2D eigenvalue weighted by Crippen LogP contribution is 2.16. The molecule has 2 atom stereocenters. The first-order chi connectivity index (χ1) is 8.70. The van der Waals surface area contributed by atoms with Crippen LogP contribution in [-0.2, 0) is 17.9 Å². The number of aliphatic hydroxyl groups excluding tert-OH is 1. The first-order valence-electron chi connectivity index (χ1n) is 6.38. The molecule has 1 amide bonds. The molecule has 1 aliphatic rings. The Labute approximate surface area is 107 Å². The number of aliphatic hydroxyl groups is 1. The Balaban J connectivity index is 1.88.